The van der Waals surface area contributed by atoms with Crippen molar-refractivity contribution in [3.63, 3.8) is 0 Å². The van der Waals surface area contributed by atoms with Crippen LogP contribution < -0.4 is 5.32 Å². The van der Waals surface area contributed by atoms with Crippen LogP contribution in [0, 0.1) is 5.41 Å². The lowest BCUT2D eigenvalue weighted by molar-refractivity contribution is 0.490. The highest BCUT2D eigenvalue weighted by Gasteiger charge is 2.46. The van der Waals surface area contributed by atoms with Gasteiger partial charge in [0.15, 0.2) is 0 Å². The molecule has 0 bridgehead atoms. The normalized spacial score (nSPS) is 27.2. The van der Waals surface area contributed by atoms with Crippen molar-refractivity contribution >= 4 is 11.3 Å². The van der Waals surface area contributed by atoms with E-state index < -0.39 is 0 Å². The topological polar surface area (TPSA) is 24.9 Å². The molecule has 1 N–H and O–H groups in total. The van der Waals surface area contributed by atoms with Crippen LogP contribution >= 0.6 is 11.3 Å². The molecule has 1 aromatic heterocycles. The quantitative estimate of drug-likeness (QED) is 0.803. The van der Waals surface area contributed by atoms with Gasteiger partial charge in [-0.15, -0.1) is 11.3 Å². The van der Waals surface area contributed by atoms with Crippen molar-refractivity contribution in [3.8, 4) is 0 Å². The van der Waals surface area contributed by atoms with Crippen LogP contribution in [-0.4, -0.2) is 11.0 Å². The van der Waals surface area contributed by atoms with Crippen LogP contribution in [0.2, 0.25) is 0 Å². The third kappa shape index (κ3) is 1.92. The van der Waals surface area contributed by atoms with E-state index in [0.717, 1.165) is 0 Å². The molecular formula is C10H16N2S. The van der Waals surface area contributed by atoms with Crippen molar-refractivity contribution in [2.24, 2.45) is 5.41 Å². The minimum absolute atomic E-state index is 0.409. The average Bonchev–Trinajstić information content (AvgIpc) is 2.58. The van der Waals surface area contributed by atoms with E-state index in [0.29, 0.717) is 17.5 Å². The van der Waals surface area contributed by atoms with Gasteiger partial charge in [-0.2, -0.15) is 0 Å². The van der Waals surface area contributed by atoms with E-state index in [2.05, 4.69) is 31.1 Å². The summed E-state index contributed by atoms with van der Waals surface area (Å²) >= 11 is 1.73. The Balaban J connectivity index is 1.90. The molecule has 1 fully saturated rings. The van der Waals surface area contributed by atoms with E-state index in [4.69, 9.17) is 0 Å². The molecule has 0 amide bonds. The Labute approximate surface area is 83.4 Å². The summed E-state index contributed by atoms with van der Waals surface area (Å²) in [6, 6.07) is 1.10. The third-order valence-electron chi connectivity index (χ3n) is 2.79. The summed E-state index contributed by atoms with van der Waals surface area (Å²) in [7, 11) is 0. The second-order valence-corrected chi connectivity index (χ2v) is 5.43. The van der Waals surface area contributed by atoms with Gasteiger partial charge in [0.25, 0.3) is 0 Å². The molecule has 2 unspecified atom stereocenters. The first-order chi connectivity index (χ1) is 6.09. The third-order valence-corrected chi connectivity index (χ3v) is 3.74. The fourth-order valence-electron chi connectivity index (χ4n) is 1.57. The van der Waals surface area contributed by atoms with Gasteiger partial charge < -0.3 is 5.32 Å². The van der Waals surface area contributed by atoms with Crippen molar-refractivity contribution < 1.29 is 0 Å². The average molecular weight is 196 g/mol. The molecule has 13 heavy (non-hydrogen) atoms. The van der Waals surface area contributed by atoms with Gasteiger partial charge in [0.05, 0.1) is 6.04 Å². The maximum absolute atomic E-state index is 4.30. The summed E-state index contributed by atoms with van der Waals surface area (Å²) < 4.78 is 0. The number of hydrogen-bond donors (Lipinski definition) is 1. The fourth-order valence-corrected chi connectivity index (χ4v) is 2.23. The molecule has 0 aromatic carbocycles. The minimum atomic E-state index is 0.409. The van der Waals surface area contributed by atoms with Crippen LogP contribution in [0.25, 0.3) is 0 Å². The van der Waals surface area contributed by atoms with Crippen molar-refractivity contribution in [1.29, 1.82) is 0 Å². The van der Waals surface area contributed by atoms with E-state index in [1.54, 1.807) is 11.3 Å². The first-order valence-electron chi connectivity index (χ1n) is 4.75. The number of rotatable bonds is 3. The first kappa shape index (κ1) is 9.16. The van der Waals surface area contributed by atoms with Crippen LogP contribution in [0.15, 0.2) is 11.6 Å². The number of thiazole rings is 1. The molecule has 1 aliphatic carbocycles. The number of aromatic nitrogens is 1. The molecule has 0 aliphatic heterocycles. The Hall–Kier alpha value is -0.410. The summed E-state index contributed by atoms with van der Waals surface area (Å²) in [5, 5.41) is 6.82. The van der Waals surface area contributed by atoms with Crippen LogP contribution in [0.5, 0.6) is 0 Å². The maximum Gasteiger partial charge on any atom is 0.109 e. The standard InChI is InChI=1S/C10H16N2S/c1-7(9-11-4-5-13-9)12-8-6-10(8,2)3/h4-5,7-8,12H,6H2,1-3H3. The highest BCUT2D eigenvalue weighted by Crippen LogP contribution is 2.45. The summed E-state index contributed by atoms with van der Waals surface area (Å²) in [4.78, 5) is 4.30. The largest absolute Gasteiger partial charge is 0.305 e. The second-order valence-electron chi connectivity index (χ2n) is 4.50. The van der Waals surface area contributed by atoms with Gasteiger partial charge in [-0.1, -0.05) is 13.8 Å². The Kier molecular flexibility index (Phi) is 2.16. The van der Waals surface area contributed by atoms with Crippen molar-refractivity contribution in [2.45, 2.75) is 39.3 Å². The van der Waals surface area contributed by atoms with Gasteiger partial charge in [-0.25, -0.2) is 4.98 Å². The SMILES string of the molecule is CC(NC1CC1(C)C)c1nccs1. The van der Waals surface area contributed by atoms with Gasteiger partial charge >= 0.3 is 0 Å². The highest BCUT2D eigenvalue weighted by molar-refractivity contribution is 7.09. The van der Waals surface area contributed by atoms with E-state index in [9.17, 15) is 0 Å². The van der Waals surface area contributed by atoms with Gasteiger partial charge in [0, 0.05) is 17.6 Å². The Morgan fingerprint density at radius 3 is 2.85 bits per heavy atom. The Morgan fingerprint density at radius 2 is 2.38 bits per heavy atom. The lowest BCUT2D eigenvalue weighted by atomic mass is 10.2. The Bertz CT molecular complexity index is 279. The van der Waals surface area contributed by atoms with Gasteiger partial charge in [0.2, 0.25) is 0 Å². The monoisotopic (exact) mass is 196 g/mol. The zero-order valence-corrected chi connectivity index (χ0v) is 9.19. The van der Waals surface area contributed by atoms with Crippen LogP contribution in [0.3, 0.4) is 0 Å². The summed E-state index contributed by atoms with van der Waals surface area (Å²) in [5.74, 6) is 0. The summed E-state index contributed by atoms with van der Waals surface area (Å²) in [6.07, 6.45) is 3.17. The Morgan fingerprint density at radius 1 is 1.69 bits per heavy atom. The molecule has 0 spiro atoms. The van der Waals surface area contributed by atoms with Crippen molar-refractivity contribution in [3.05, 3.63) is 16.6 Å². The summed E-state index contributed by atoms with van der Waals surface area (Å²) in [6.45, 7) is 6.80. The maximum atomic E-state index is 4.30. The lowest BCUT2D eigenvalue weighted by Crippen LogP contribution is -2.24. The van der Waals surface area contributed by atoms with E-state index in [1.165, 1.54) is 11.4 Å². The molecule has 0 radical (unpaired) electrons. The first-order valence-corrected chi connectivity index (χ1v) is 5.63. The minimum Gasteiger partial charge on any atom is -0.305 e. The number of nitrogens with zero attached hydrogens (tertiary/aromatic N) is 1. The predicted molar refractivity (Wildman–Crippen MR) is 55.9 cm³/mol. The molecule has 1 saturated carbocycles. The zero-order chi connectivity index (χ0) is 9.47. The smallest absolute Gasteiger partial charge is 0.109 e. The fraction of sp³-hybridized carbons (Fsp3) is 0.700. The van der Waals surface area contributed by atoms with Crippen molar-refractivity contribution in [1.82, 2.24) is 10.3 Å². The highest BCUT2D eigenvalue weighted by atomic mass is 32.1. The molecule has 2 rings (SSSR count). The van der Waals surface area contributed by atoms with Crippen LogP contribution in [0.1, 0.15) is 38.2 Å². The zero-order valence-electron chi connectivity index (χ0n) is 8.37. The molecule has 2 nitrogen and oxygen atoms in total. The molecule has 3 heteroatoms. The lowest BCUT2D eigenvalue weighted by Gasteiger charge is -2.12. The molecule has 72 valence electrons. The molecule has 1 aliphatic rings. The predicted octanol–water partition coefficient (Wildman–Crippen LogP) is 2.59. The van der Waals surface area contributed by atoms with Crippen LogP contribution in [-0.2, 0) is 0 Å². The summed E-state index contributed by atoms with van der Waals surface area (Å²) in [5.41, 5.74) is 0.505. The molecule has 1 aromatic rings. The van der Waals surface area contributed by atoms with Gasteiger partial charge in [-0.05, 0) is 18.8 Å². The van der Waals surface area contributed by atoms with E-state index >= 15 is 0 Å². The van der Waals surface area contributed by atoms with Crippen LogP contribution in [0.4, 0.5) is 0 Å². The second kappa shape index (κ2) is 3.07. The molecule has 2 atom stereocenters. The van der Waals surface area contributed by atoms with E-state index in [1.807, 2.05) is 11.6 Å². The van der Waals surface area contributed by atoms with Gasteiger partial charge in [0.1, 0.15) is 5.01 Å². The molecular weight excluding hydrogens is 180 g/mol. The number of hydrogen-bond acceptors (Lipinski definition) is 3. The molecule has 1 heterocycles. The van der Waals surface area contributed by atoms with Gasteiger partial charge in [-0.3, -0.25) is 0 Å². The van der Waals surface area contributed by atoms with Crippen molar-refractivity contribution in [2.75, 3.05) is 0 Å². The molecule has 0 saturated heterocycles. The number of nitrogens with one attached hydrogen (secondary N) is 1. The van der Waals surface area contributed by atoms with E-state index in [-0.39, 0.29) is 0 Å².